The third-order valence-corrected chi connectivity index (χ3v) is 7.49. The second kappa shape index (κ2) is 9.69. The molecule has 9 heteroatoms. The molecule has 1 atom stereocenters. The van der Waals surface area contributed by atoms with Crippen molar-refractivity contribution < 1.29 is 19.1 Å². The van der Waals surface area contributed by atoms with Crippen LogP contribution in [0.15, 0.2) is 59.5 Å². The number of hydrogen-bond acceptors (Lipinski definition) is 6. The Hall–Kier alpha value is -3.01. The molecule has 3 aliphatic heterocycles. The lowest BCUT2D eigenvalue weighted by Gasteiger charge is -2.18. The first-order valence-electron chi connectivity index (χ1n) is 11.1. The Kier molecular flexibility index (Phi) is 6.49. The Morgan fingerprint density at radius 2 is 1.82 bits per heavy atom. The number of thiocarbonyl (C=S) groups is 1. The zero-order chi connectivity index (χ0) is 23.7. The van der Waals surface area contributed by atoms with E-state index >= 15 is 0 Å². The summed E-state index contributed by atoms with van der Waals surface area (Å²) >= 11 is 6.61. The average Bonchev–Trinajstić information content (AvgIpc) is 3.53. The van der Waals surface area contributed by atoms with Gasteiger partial charge in [0, 0.05) is 18.7 Å². The van der Waals surface area contributed by atoms with Crippen LogP contribution in [0, 0.1) is 0 Å². The molecular formula is C25H23N3O4S2. The predicted molar refractivity (Wildman–Crippen MR) is 135 cm³/mol. The molecule has 0 radical (unpaired) electrons. The summed E-state index contributed by atoms with van der Waals surface area (Å²) in [6, 6.07) is 16.8. The number of benzene rings is 2. The van der Waals surface area contributed by atoms with Crippen LogP contribution in [0.5, 0.6) is 0 Å². The molecule has 174 valence electrons. The van der Waals surface area contributed by atoms with Crippen molar-refractivity contribution in [2.24, 2.45) is 0 Å². The van der Waals surface area contributed by atoms with Gasteiger partial charge in [-0.1, -0.05) is 72.5 Å². The van der Waals surface area contributed by atoms with Gasteiger partial charge in [0.05, 0.1) is 28.8 Å². The van der Waals surface area contributed by atoms with Crippen molar-refractivity contribution in [3.8, 4) is 0 Å². The highest BCUT2D eigenvalue weighted by atomic mass is 32.2. The summed E-state index contributed by atoms with van der Waals surface area (Å²) in [5.74, 6) is -0.924. The fourth-order valence-corrected chi connectivity index (χ4v) is 5.70. The van der Waals surface area contributed by atoms with E-state index in [1.165, 1.54) is 9.80 Å². The van der Waals surface area contributed by atoms with E-state index in [9.17, 15) is 14.4 Å². The molecule has 34 heavy (non-hydrogen) atoms. The number of para-hydroxylation sites is 1. The van der Waals surface area contributed by atoms with Crippen molar-refractivity contribution in [3.63, 3.8) is 0 Å². The van der Waals surface area contributed by atoms with Gasteiger partial charge in [0.25, 0.3) is 11.8 Å². The zero-order valence-electron chi connectivity index (χ0n) is 18.4. The Morgan fingerprint density at radius 3 is 2.59 bits per heavy atom. The fourth-order valence-electron chi connectivity index (χ4n) is 4.35. The smallest absolute Gasteiger partial charge is 0.267 e. The number of ether oxygens (including phenoxy) is 1. The number of thioether (sulfide) groups is 1. The van der Waals surface area contributed by atoms with Gasteiger partial charge in [-0.15, -0.1) is 0 Å². The molecular weight excluding hydrogens is 470 g/mol. The van der Waals surface area contributed by atoms with Gasteiger partial charge in [-0.2, -0.15) is 0 Å². The predicted octanol–water partition coefficient (Wildman–Crippen LogP) is 3.10. The van der Waals surface area contributed by atoms with Crippen molar-refractivity contribution in [1.82, 2.24) is 10.2 Å². The molecule has 0 spiro atoms. The molecule has 2 fully saturated rings. The molecule has 0 aliphatic carbocycles. The van der Waals surface area contributed by atoms with Crippen molar-refractivity contribution in [1.29, 1.82) is 0 Å². The number of nitrogens with one attached hydrogen (secondary N) is 1. The summed E-state index contributed by atoms with van der Waals surface area (Å²) in [7, 11) is 0. The van der Waals surface area contributed by atoms with Crippen molar-refractivity contribution in [3.05, 3.63) is 70.6 Å². The minimum absolute atomic E-state index is 0.0387. The van der Waals surface area contributed by atoms with Gasteiger partial charge < -0.3 is 10.1 Å². The van der Waals surface area contributed by atoms with Crippen LogP contribution in [-0.2, 0) is 25.7 Å². The zero-order valence-corrected chi connectivity index (χ0v) is 20.0. The molecule has 2 saturated heterocycles. The maximum absolute atomic E-state index is 13.5. The van der Waals surface area contributed by atoms with Crippen LogP contribution in [0.2, 0.25) is 0 Å². The summed E-state index contributed by atoms with van der Waals surface area (Å²) in [6.07, 6.45) is 1.81. The molecule has 0 bridgehead atoms. The molecule has 7 nitrogen and oxygen atoms in total. The molecule has 0 saturated carbocycles. The number of anilines is 1. The van der Waals surface area contributed by atoms with E-state index in [4.69, 9.17) is 17.0 Å². The Labute approximate surface area is 207 Å². The molecule has 2 aromatic rings. The highest BCUT2D eigenvalue weighted by molar-refractivity contribution is 8.26. The van der Waals surface area contributed by atoms with Crippen LogP contribution in [-0.4, -0.2) is 52.7 Å². The second-order valence-electron chi connectivity index (χ2n) is 8.29. The largest absolute Gasteiger partial charge is 0.376 e. The van der Waals surface area contributed by atoms with Gasteiger partial charge in [0.15, 0.2) is 0 Å². The number of nitrogens with zero attached hydrogens (tertiary/aromatic N) is 2. The van der Waals surface area contributed by atoms with E-state index in [1.54, 1.807) is 12.1 Å². The third-order valence-electron chi connectivity index (χ3n) is 6.04. The quantitative estimate of drug-likeness (QED) is 0.492. The lowest BCUT2D eigenvalue weighted by Crippen LogP contribution is -2.39. The lowest BCUT2D eigenvalue weighted by atomic mass is 10.1. The first kappa shape index (κ1) is 22.8. The standard InChI is InChI=1S/C25H23N3O4S2/c29-20(26-13-16-7-2-1-3-8-16)15-27-19-11-5-4-10-18(19)21(23(27)30)22-24(31)28(25(33)34-22)14-17-9-6-12-32-17/h1-5,7-8,10-11,17H,6,9,12-15H2,(H,26,29)/b22-21-. The average molecular weight is 494 g/mol. The highest BCUT2D eigenvalue weighted by Gasteiger charge is 2.43. The highest BCUT2D eigenvalue weighted by Crippen LogP contribution is 2.44. The molecule has 5 rings (SSSR count). The Balaban J connectivity index is 1.37. The lowest BCUT2D eigenvalue weighted by molar-refractivity contribution is -0.123. The van der Waals surface area contributed by atoms with Gasteiger partial charge in [-0.25, -0.2) is 0 Å². The van der Waals surface area contributed by atoms with E-state index in [1.807, 2.05) is 42.5 Å². The van der Waals surface area contributed by atoms with Crippen LogP contribution in [0.4, 0.5) is 5.69 Å². The summed E-state index contributed by atoms with van der Waals surface area (Å²) in [5.41, 5.74) is 2.53. The molecule has 2 aromatic carbocycles. The topological polar surface area (TPSA) is 79.0 Å². The van der Waals surface area contributed by atoms with Crippen LogP contribution in [0.3, 0.4) is 0 Å². The van der Waals surface area contributed by atoms with Crippen molar-refractivity contribution >= 4 is 57.3 Å². The summed E-state index contributed by atoms with van der Waals surface area (Å²) in [5, 5.41) is 2.86. The maximum atomic E-state index is 13.5. The number of carbonyl (C=O) groups excluding carboxylic acids is 3. The monoisotopic (exact) mass is 493 g/mol. The number of fused-ring (bicyclic) bond motifs is 1. The second-order valence-corrected chi connectivity index (χ2v) is 9.94. The van der Waals surface area contributed by atoms with E-state index in [0.29, 0.717) is 45.7 Å². The van der Waals surface area contributed by atoms with Crippen molar-refractivity contribution in [2.75, 3.05) is 24.6 Å². The maximum Gasteiger partial charge on any atom is 0.267 e. The summed E-state index contributed by atoms with van der Waals surface area (Å²) in [4.78, 5) is 42.7. The van der Waals surface area contributed by atoms with Gasteiger partial charge in [0.1, 0.15) is 10.9 Å². The first-order valence-corrected chi connectivity index (χ1v) is 12.4. The van der Waals surface area contributed by atoms with Gasteiger partial charge in [0.2, 0.25) is 5.91 Å². The van der Waals surface area contributed by atoms with Crippen LogP contribution in [0.1, 0.15) is 24.0 Å². The third kappa shape index (κ3) is 4.38. The number of carbonyl (C=O) groups is 3. The Bertz CT molecular complexity index is 1190. The first-order chi connectivity index (χ1) is 16.5. The van der Waals surface area contributed by atoms with E-state index in [-0.39, 0.29) is 30.4 Å². The summed E-state index contributed by atoms with van der Waals surface area (Å²) in [6.45, 7) is 1.32. The van der Waals surface area contributed by atoms with Crippen LogP contribution in [0.25, 0.3) is 5.57 Å². The van der Waals surface area contributed by atoms with E-state index in [0.717, 1.165) is 30.2 Å². The minimum Gasteiger partial charge on any atom is -0.376 e. The van der Waals surface area contributed by atoms with E-state index < -0.39 is 0 Å². The normalized spacial score (nSPS) is 22.0. The number of amides is 3. The van der Waals surface area contributed by atoms with Gasteiger partial charge in [-0.05, 0) is 24.5 Å². The molecule has 3 aliphatic rings. The summed E-state index contributed by atoms with van der Waals surface area (Å²) < 4.78 is 6.09. The van der Waals surface area contributed by atoms with Gasteiger partial charge >= 0.3 is 0 Å². The van der Waals surface area contributed by atoms with Crippen molar-refractivity contribution in [2.45, 2.75) is 25.5 Å². The molecule has 0 aromatic heterocycles. The minimum atomic E-state index is -0.367. The SMILES string of the molecule is O=C(CN1C(=O)/C(=C2\SC(=S)N(CC3CCCO3)C2=O)c2ccccc21)NCc1ccccc1. The Morgan fingerprint density at radius 1 is 1.06 bits per heavy atom. The molecule has 1 N–H and O–H groups in total. The van der Waals surface area contributed by atoms with E-state index in [2.05, 4.69) is 5.32 Å². The number of rotatable bonds is 6. The van der Waals surface area contributed by atoms with Gasteiger partial charge in [-0.3, -0.25) is 24.2 Å². The fraction of sp³-hybridized carbons (Fsp3) is 0.280. The molecule has 3 amide bonds. The van der Waals surface area contributed by atoms with Crippen LogP contribution >= 0.6 is 24.0 Å². The molecule has 1 unspecified atom stereocenters. The number of hydrogen-bond donors (Lipinski definition) is 1. The van der Waals surface area contributed by atoms with Crippen LogP contribution < -0.4 is 10.2 Å². The molecule has 3 heterocycles.